The topological polar surface area (TPSA) is 94.0 Å². The van der Waals surface area contributed by atoms with Crippen molar-refractivity contribution in [1.29, 1.82) is 0 Å². The van der Waals surface area contributed by atoms with E-state index in [2.05, 4.69) is 24.2 Å². The van der Waals surface area contributed by atoms with Crippen LogP contribution in [0.3, 0.4) is 0 Å². The number of nitrogens with zero attached hydrogens (tertiary/aromatic N) is 3. The molecule has 1 aromatic rings. The molecule has 1 unspecified atom stereocenters. The van der Waals surface area contributed by atoms with Crippen LogP contribution >= 0.6 is 0 Å². The van der Waals surface area contributed by atoms with Crippen LogP contribution in [0.5, 0.6) is 0 Å². The van der Waals surface area contributed by atoms with Crippen LogP contribution in [-0.4, -0.2) is 32.1 Å². The van der Waals surface area contributed by atoms with Crippen molar-refractivity contribution in [2.24, 2.45) is 11.7 Å². The van der Waals surface area contributed by atoms with E-state index in [1.54, 1.807) is 10.9 Å². The fourth-order valence-electron chi connectivity index (χ4n) is 1.52. The second kappa shape index (κ2) is 6.34. The lowest BCUT2D eigenvalue weighted by Crippen LogP contribution is -2.32. The average Bonchev–Trinajstić information content (AvgIpc) is 2.65. The molecule has 0 spiro atoms. The summed E-state index contributed by atoms with van der Waals surface area (Å²) in [6, 6.07) is -0.907. The van der Waals surface area contributed by atoms with Crippen molar-refractivity contribution in [3.63, 3.8) is 0 Å². The first-order chi connectivity index (χ1) is 7.99. The smallest absolute Gasteiger partial charge is 0.320 e. The molecule has 0 radical (unpaired) electrons. The van der Waals surface area contributed by atoms with Crippen LogP contribution in [-0.2, 0) is 17.8 Å². The monoisotopic (exact) mass is 240 g/mol. The van der Waals surface area contributed by atoms with Gasteiger partial charge in [0.15, 0.2) is 0 Å². The maximum absolute atomic E-state index is 10.6. The lowest BCUT2D eigenvalue weighted by Gasteiger charge is -2.03. The Balaban J connectivity index is 2.40. The van der Waals surface area contributed by atoms with Crippen LogP contribution in [0, 0.1) is 5.92 Å². The van der Waals surface area contributed by atoms with Gasteiger partial charge in [0.1, 0.15) is 6.04 Å². The fraction of sp³-hybridized carbons (Fsp3) is 0.727. The summed E-state index contributed by atoms with van der Waals surface area (Å²) in [4.78, 5) is 10.6. The van der Waals surface area contributed by atoms with E-state index in [-0.39, 0.29) is 6.42 Å². The Labute approximate surface area is 101 Å². The van der Waals surface area contributed by atoms with Crippen LogP contribution in [0.2, 0.25) is 0 Å². The van der Waals surface area contributed by atoms with Crippen molar-refractivity contribution < 1.29 is 9.90 Å². The third-order valence-electron chi connectivity index (χ3n) is 2.50. The Bertz CT molecular complexity index is 362. The van der Waals surface area contributed by atoms with Gasteiger partial charge in [0, 0.05) is 19.2 Å². The molecule has 0 bridgehead atoms. The highest BCUT2D eigenvalue weighted by Gasteiger charge is 2.14. The Morgan fingerprint density at radius 2 is 2.29 bits per heavy atom. The Morgan fingerprint density at radius 3 is 2.88 bits per heavy atom. The highest BCUT2D eigenvalue weighted by atomic mass is 16.4. The van der Waals surface area contributed by atoms with E-state index in [1.165, 1.54) is 0 Å². The van der Waals surface area contributed by atoms with Gasteiger partial charge in [0.25, 0.3) is 0 Å². The molecule has 0 saturated carbocycles. The third kappa shape index (κ3) is 4.95. The van der Waals surface area contributed by atoms with Crippen LogP contribution in [0.4, 0.5) is 0 Å². The molecule has 1 heterocycles. The highest BCUT2D eigenvalue weighted by Crippen LogP contribution is 2.05. The summed E-state index contributed by atoms with van der Waals surface area (Å²) in [7, 11) is 0. The van der Waals surface area contributed by atoms with Gasteiger partial charge in [0.2, 0.25) is 0 Å². The molecule has 0 amide bonds. The van der Waals surface area contributed by atoms with Crippen molar-refractivity contribution in [3.05, 3.63) is 11.9 Å². The number of carboxylic acid groups (broad SMARTS) is 1. The number of rotatable bonds is 7. The van der Waals surface area contributed by atoms with Crippen molar-refractivity contribution in [2.45, 2.75) is 45.7 Å². The van der Waals surface area contributed by atoms with E-state index in [9.17, 15) is 4.79 Å². The molecule has 6 nitrogen and oxygen atoms in total. The Hall–Kier alpha value is -1.43. The highest BCUT2D eigenvalue weighted by molar-refractivity contribution is 5.73. The van der Waals surface area contributed by atoms with E-state index < -0.39 is 12.0 Å². The van der Waals surface area contributed by atoms with E-state index in [0.29, 0.717) is 11.6 Å². The molecule has 17 heavy (non-hydrogen) atoms. The molecule has 0 aliphatic heterocycles. The number of aryl methyl sites for hydroxylation is 1. The molecule has 0 aromatic carbocycles. The maximum Gasteiger partial charge on any atom is 0.320 e. The van der Waals surface area contributed by atoms with Gasteiger partial charge in [-0.2, -0.15) is 0 Å². The predicted octanol–water partition coefficient (Wildman–Crippen LogP) is 0.669. The molecule has 0 aliphatic carbocycles. The molecule has 0 fully saturated rings. The second-order valence-corrected chi connectivity index (χ2v) is 4.66. The Kier molecular flexibility index (Phi) is 5.09. The van der Waals surface area contributed by atoms with Gasteiger partial charge in [-0.05, 0) is 18.8 Å². The molecular formula is C11H20N4O2. The molecule has 3 N–H and O–H groups in total. The summed E-state index contributed by atoms with van der Waals surface area (Å²) in [6.45, 7) is 5.17. The third-order valence-corrected chi connectivity index (χ3v) is 2.50. The van der Waals surface area contributed by atoms with Gasteiger partial charge in [-0.1, -0.05) is 19.1 Å². The number of carboxylic acids is 1. The molecule has 1 aromatic heterocycles. The van der Waals surface area contributed by atoms with Crippen molar-refractivity contribution in [3.8, 4) is 0 Å². The van der Waals surface area contributed by atoms with Gasteiger partial charge in [-0.3, -0.25) is 9.48 Å². The van der Waals surface area contributed by atoms with Crippen LogP contribution in [0.15, 0.2) is 6.20 Å². The average molecular weight is 240 g/mol. The number of aliphatic carboxylic acids is 1. The van der Waals surface area contributed by atoms with E-state index in [0.717, 1.165) is 19.4 Å². The SMILES string of the molecule is CC(C)CCCn1cc(CC(N)C(=O)O)nn1. The summed E-state index contributed by atoms with van der Waals surface area (Å²) in [5.74, 6) is -0.335. The zero-order valence-corrected chi connectivity index (χ0v) is 10.3. The number of nitrogens with two attached hydrogens (primary N) is 1. The summed E-state index contributed by atoms with van der Waals surface area (Å²) in [6.07, 6.45) is 4.18. The predicted molar refractivity (Wildman–Crippen MR) is 63.4 cm³/mol. The van der Waals surface area contributed by atoms with Gasteiger partial charge < -0.3 is 10.8 Å². The minimum Gasteiger partial charge on any atom is -0.480 e. The van der Waals surface area contributed by atoms with Crippen LogP contribution in [0.1, 0.15) is 32.4 Å². The van der Waals surface area contributed by atoms with Gasteiger partial charge in [-0.15, -0.1) is 5.10 Å². The summed E-state index contributed by atoms with van der Waals surface area (Å²) in [5.41, 5.74) is 6.05. The van der Waals surface area contributed by atoms with E-state index in [4.69, 9.17) is 10.8 Å². The van der Waals surface area contributed by atoms with Gasteiger partial charge >= 0.3 is 5.97 Å². The number of carbonyl (C=O) groups is 1. The summed E-state index contributed by atoms with van der Waals surface area (Å²) >= 11 is 0. The zero-order chi connectivity index (χ0) is 12.8. The van der Waals surface area contributed by atoms with Gasteiger partial charge in [-0.25, -0.2) is 0 Å². The normalized spacial score (nSPS) is 12.9. The largest absolute Gasteiger partial charge is 0.480 e. The van der Waals surface area contributed by atoms with Crippen LogP contribution < -0.4 is 5.73 Å². The van der Waals surface area contributed by atoms with Crippen molar-refractivity contribution in [1.82, 2.24) is 15.0 Å². The fourth-order valence-corrected chi connectivity index (χ4v) is 1.52. The minimum absolute atomic E-state index is 0.222. The molecule has 96 valence electrons. The molecule has 1 rings (SSSR count). The number of aromatic nitrogens is 3. The Morgan fingerprint density at radius 1 is 1.59 bits per heavy atom. The standard InChI is InChI=1S/C11H20N4O2/c1-8(2)4-3-5-15-7-9(13-14-15)6-10(12)11(16)17/h7-8,10H,3-6,12H2,1-2H3,(H,16,17). The van der Waals surface area contributed by atoms with Gasteiger partial charge in [0.05, 0.1) is 5.69 Å². The molecular weight excluding hydrogens is 220 g/mol. The van der Waals surface area contributed by atoms with Crippen molar-refractivity contribution >= 4 is 5.97 Å². The van der Waals surface area contributed by atoms with Crippen molar-refractivity contribution in [2.75, 3.05) is 0 Å². The first-order valence-corrected chi connectivity index (χ1v) is 5.86. The summed E-state index contributed by atoms with van der Waals surface area (Å²) in [5, 5.41) is 16.5. The lowest BCUT2D eigenvalue weighted by molar-refractivity contribution is -0.138. The quantitative estimate of drug-likeness (QED) is 0.730. The summed E-state index contributed by atoms with van der Waals surface area (Å²) < 4.78 is 1.74. The molecule has 6 heteroatoms. The minimum atomic E-state index is -1.01. The van der Waals surface area contributed by atoms with Crippen LogP contribution in [0.25, 0.3) is 0 Å². The molecule has 0 aliphatic rings. The number of hydrogen-bond acceptors (Lipinski definition) is 4. The molecule has 0 saturated heterocycles. The maximum atomic E-state index is 10.6. The lowest BCUT2D eigenvalue weighted by atomic mass is 10.1. The zero-order valence-electron chi connectivity index (χ0n) is 10.3. The number of hydrogen-bond donors (Lipinski definition) is 2. The molecule has 1 atom stereocenters. The first kappa shape index (κ1) is 13.6. The van der Waals surface area contributed by atoms with E-state index >= 15 is 0 Å². The second-order valence-electron chi connectivity index (χ2n) is 4.66. The van der Waals surface area contributed by atoms with E-state index in [1.807, 2.05) is 0 Å². The first-order valence-electron chi connectivity index (χ1n) is 5.86.